The van der Waals surface area contributed by atoms with Crippen molar-refractivity contribution in [3.05, 3.63) is 54.1 Å². The van der Waals surface area contributed by atoms with E-state index in [0.29, 0.717) is 5.25 Å². The van der Waals surface area contributed by atoms with Crippen molar-refractivity contribution in [1.29, 1.82) is 0 Å². The molecule has 0 heterocycles. The molecular formula is C15H20S. The van der Waals surface area contributed by atoms with E-state index in [1.807, 2.05) is 6.08 Å². The Hall–Kier alpha value is -0.950. The van der Waals surface area contributed by atoms with Crippen LogP contribution in [0.1, 0.15) is 22.8 Å². The molecule has 16 heavy (non-hydrogen) atoms. The molecule has 0 saturated carbocycles. The second-order valence-corrected chi connectivity index (χ2v) is 9.50. The van der Waals surface area contributed by atoms with Gasteiger partial charge in [-0.05, 0) is 41.9 Å². The maximum absolute atomic E-state index is 3.85. The molecule has 1 aliphatic carbocycles. The van der Waals surface area contributed by atoms with Crippen LogP contribution in [-0.4, -0.2) is 18.8 Å². The molecule has 1 aliphatic rings. The third-order valence-corrected chi connectivity index (χ3v) is 5.01. The molecule has 1 aromatic carbocycles. The van der Waals surface area contributed by atoms with Gasteiger partial charge in [-0.25, -0.2) is 10.0 Å². The average Bonchev–Trinajstić information content (AvgIpc) is 2.58. The number of hydrogen-bond acceptors (Lipinski definition) is 0. The third-order valence-electron chi connectivity index (χ3n) is 3.09. The summed E-state index contributed by atoms with van der Waals surface area (Å²) >= 11 is 0. The molecule has 0 bridgehead atoms. The van der Waals surface area contributed by atoms with Gasteiger partial charge >= 0.3 is 0 Å². The Morgan fingerprint density at radius 2 is 1.94 bits per heavy atom. The lowest BCUT2D eigenvalue weighted by atomic mass is 10.0. The van der Waals surface area contributed by atoms with Crippen molar-refractivity contribution in [1.82, 2.24) is 0 Å². The fourth-order valence-electron chi connectivity index (χ4n) is 2.32. The van der Waals surface area contributed by atoms with E-state index in [2.05, 4.69) is 55.7 Å². The predicted molar refractivity (Wildman–Crippen MR) is 77.3 cm³/mol. The Morgan fingerprint density at radius 3 is 2.56 bits per heavy atom. The Bertz CT molecular complexity index is 435. The lowest BCUT2D eigenvalue weighted by Crippen LogP contribution is -2.02. The van der Waals surface area contributed by atoms with Gasteiger partial charge in [-0.2, -0.15) is 0 Å². The Balaban J connectivity index is 2.48. The zero-order valence-electron chi connectivity index (χ0n) is 10.4. The van der Waals surface area contributed by atoms with E-state index in [0.717, 1.165) is 6.42 Å². The summed E-state index contributed by atoms with van der Waals surface area (Å²) in [5.41, 5.74) is 4.41. The fourth-order valence-corrected chi connectivity index (χ4v) is 3.86. The van der Waals surface area contributed by atoms with Crippen LogP contribution >= 0.6 is 10.0 Å². The van der Waals surface area contributed by atoms with Crippen LogP contribution in [-0.2, 0) is 0 Å². The largest absolute Gasteiger partial charge is 0.239 e. The van der Waals surface area contributed by atoms with E-state index in [1.54, 1.807) is 0 Å². The van der Waals surface area contributed by atoms with Gasteiger partial charge < -0.3 is 0 Å². The van der Waals surface area contributed by atoms with Crippen LogP contribution in [0, 0.1) is 0 Å². The van der Waals surface area contributed by atoms with Gasteiger partial charge in [0.1, 0.15) is 0 Å². The summed E-state index contributed by atoms with van der Waals surface area (Å²) in [5.74, 6) is 0. The normalized spacial score (nSPS) is 20.2. The van der Waals surface area contributed by atoms with Gasteiger partial charge in [-0.1, -0.05) is 36.4 Å². The van der Waals surface area contributed by atoms with Crippen molar-refractivity contribution in [2.75, 3.05) is 18.8 Å². The van der Waals surface area contributed by atoms with Gasteiger partial charge in [0.25, 0.3) is 0 Å². The van der Waals surface area contributed by atoms with Gasteiger partial charge in [0.15, 0.2) is 0 Å². The molecule has 1 unspecified atom stereocenters. The third kappa shape index (κ3) is 1.97. The maximum atomic E-state index is 3.85. The lowest BCUT2D eigenvalue weighted by molar-refractivity contribution is 1.24. The minimum absolute atomic E-state index is 0.578. The lowest BCUT2D eigenvalue weighted by Gasteiger charge is -2.32. The quantitative estimate of drug-likeness (QED) is 0.678. The first-order valence-electron chi connectivity index (χ1n) is 5.62. The number of hydrogen-bond donors (Lipinski definition) is 0. The first-order valence-corrected chi connectivity index (χ1v) is 8.54. The molecule has 0 radical (unpaired) electrons. The van der Waals surface area contributed by atoms with Crippen LogP contribution in [0.25, 0.3) is 5.57 Å². The average molecular weight is 232 g/mol. The highest BCUT2D eigenvalue weighted by atomic mass is 32.3. The van der Waals surface area contributed by atoms with Crippen LogP contribution < -0.4 is 0 Å². The van der Waals surface area contributed by atoms with Crippen molar-refractivity contribution in [3.8, 4) is 0 Å². The highest BCUT2D eigenvalue weighted by Gasteiger charge is 2.28. The SMILES string of the molecule is C=CCC1=CC(S(C)(C)C)c2ccccc21. The van der Waals surface area contributed by atoms with E-state index in [9.17, 15) is 0 Å². The van der Waals surface area contributed by atoms with Gasteiger partial charge in [-0.15, -0.1) is 6.58 Å². The van der Waals surface area contributed by atoms with Crippen molar-refractivity contribution in [2.45, 2.75) is 11.7 Å². The molecule has 0 fully saturated rings. The second kappa shape index (κ2) is 4.14. The highest BCUT2D eigenvalue weighted by molar-refractivity contribution is 8.32. The van der Waals surface area contributed by atoms with Crippen molar-refractivity contribution < 1.29 is 0 Å². The number of allylic oxidation sites excluding steroid dienone is 2. The van der Waals surface area contributed by atoms with E-state index in [-0.39, 0.29) is 0 Å². The number of benzene rings is 1. The first kappa shape index (κ1) is 11.5. The van der Waals surface area contributed by atoms with E-state index >= 15 is 0 Å². The highest BCUT2D eigenvalue weighted by Crippen LogP contribution is 2.57. The monoisotopic (exact) mass is 232 g/mol. The van der Waals surface area contributed by atoms with Crippen LogP contribution in [0.3, 0.4) is 0 Å². The zero-order valence-corrected chi connectivity index (χ0v) is 11.2. The molecule has 0 nitrogen and oxygen atoms in total. The van der Waals surface area contributed by atoms with Crippen molar-refractivity contribution in [3.63, 3.8) is 0 Å². The van der Waals surface area contributed by atoms with Gasteiger partial charge in [-0.3, -0.25) is 0 Å². The molecule has 1 heteroatoms. The first-order chi connectivity index (χ1) is 7.54. The summed E-state index contributed by atoms with van der Waals surface area (Å²) in [4.78, 5) is 0. The number of rotatable bonds is 3. The molecule has 0 aliphatic heterocycles. The topological polar surface area (TPSA) is 0 Å². The molecule has 0 aromatic heterocycles. The minimum atomic E-state index is -0.578. The summed E-state index contributed by atoms with van der Waals surface area (Å²) < 4.78 is 0. The molecular weight excluding hydrogens is 212 g/mol. The smallest absolute Gasteiger partial charge is 0.0327 e. The van der Waals surface area contributed by atoms with Crippen LogP contribution in [0.5, 0.6) is 0 Å². The summed E-state index contributed by atoms with van der Waals surface area (Å²) in [6.07, 6.45) is 12.6. The second-order valence-electron chi connectivity index (χ2n) is 5.12. The summed E-state index contributed by atoms with van der Waals surface area (Å²) in [7, 11) is -0.578. The molecule has 86 valence electrons. The van der Waals surface area contributed by atoms with Gasteiger partial charge in [0.2, 0.25) is 0 Å². The van der Waals surface area contributed by atoms with Crippen LogP contribution in [0.15, 0.2) is 43.0 Å². The predicted octanol–water partition coefficient (Wildman–Crippen LogP) is 4.39. The maximum Gasteiger partial charge on any atom is 0.0327 e. The van der Waals surface area contributed by atoms with E-state index < -0.39 is 10.0 Å². The number of fused-ring (bicyclic) bond motifs is 1. The van der Waals surface area contributed by atoms with Crippen molar-refractivity contribution >= 4 is 15.6 Å². The molecule has 1 atom stereocenters. The molecule has 0 spiro atoms. The molecule has 2 rings (SSSR count). The standard InChI is InChI=1S/C15H20S/c1-5-8-12-11-15(16(2,3)4)14-10-7-6-9-13(12)14/h5-7,9-11,15H,1,8H2,2-4H3. The molecule has 0 amide bonds. The Morgan fingerprint density at radius 1 is 1.25 bits per heavy atom. The summed E-state index contributed by atoms with van der Waals surface area (Å²) in [5, 5.41) is 0.624. The molecule has 0 saturated heterocycles. The Kier molecular flexibility index (Phi) is 2.98. The molecule has 1 aromatic rings. The zero-order chi connectivity index (χ0) is 11.8. The fraction of sp³-hybridized carbons (Fsp3) is 0.333. The van der Waals surface area contributed by atoms with Crippen LogP contribution in [0.2, 0.25) is 0 Å². The van der Waals surface area contributed by atoms with E-state index in [1.165, 1.54) is 16.7 Å². The van der Waals surface area contributed by atoms with Crippen LogP contribution in [0.4, 0.5) is 0 Å². The molecule has 0 N–H and O–H groups in total. The summed E-state index contributed by atoms with van der Waals surface area (Å²) in [6.45, 7) is 3.85. The van der Waals surface area contributed by atoms with Gasteiger partial charge in [0.05, 0.1) is 0 Å². The van der Waals surface area contributed by atoms with Gasteiger partial charge in [0, 0.05) is 5.25 Å². The Labute approximate surface area is 100 Å². The summed E-state index contributed by atoms with van der Waals surface area (Å²) in [6, 6.07) is 8.82. The van der Waals surface area contributed by atoms with E-state index in [4.69, 9.17) is 0 Å². The minimum Gasteiger partial charge on any atom is -0.239 e. The van der Waals surface area contributed by atoms with Crippen molar-refractivity contribution in [2.24, 2.45) is 0 Å².